The maximum absolute atomic E-state index is 5.24. The Bertz CT molecular complexity index is 2950. The third-order valence-corrected chi connectivity index (χ3v) is 16.3. The molecule has 4 atom stereocenters. The largest absolute Gasteiger partial charge is 0.497 e. The SMILES string of the molecule is COc1ccnc(C(C(C)C)C2CC2)c1.COc1ccnc(C(C)C(C)C)c1.COc1ccnc(CC(C)C)c1.COc1ccnc([C@@H](C(C)C)C2CC2)c1.COc1ccnc([C@H](C)C(C)C)c1.Cc1cc(C)nc(CC(C)C)c1.Cc1ccnc(CC(C)C)c1. The Morgan fingerprint density at radius 2 is 0.626 bits per heavy atom. The van der Waals surface area contributed by atoms with Crippen molar-refractivity contribution in [2.24, 2.45) is 53.3 Å². The molecule has 0 amide bonds. The van der Waals surface area contributed by atoms with Gasteiger partial charge in [-0.3, -0.25) is 34.9 Å². The molecule has 0 saturated heterocycles. The Labute approximate surface area is 552 Å². The fraction of sp³-hybridized carbons (Fsp3) is 0.557. The lowest BCUT2D eigenvalue weighted by Crippen LogP contribution is -2.10. The monoisotopic (exact) mass is 1250 g/mol. The summed E-state index contributed by atoms with van der Waals surface area (Å²) < 4.78 is 25.9. The van der Waals surface area contributed by atoms with Gasteiger partial charge in [-0.25, -0.2) is 0 Å². The van der Waals surface area contributed by atoms with E-state index in [1.165, 1.54) is 59.6 Å². The van der Waals surface area contributed by atoms with Gasteiger partial charge in [0.1, 0.15) is 28.7 Å². The van der Waals surface area contributed by atoms with Gasteiger partial charge in [-0.1, -0.05) is 111 Å². The van der Waals surface area contributed by atoms with Gasteiger partial charge >= 0.3 is 0 Å². The van der Waals surface area contributed by atoms with Crippen LogP contribution in [0.1, 0.15) is 217 Å². The molecule has 9 rings (SSSR count). The molecule has 2 saturated carbocycles. The smallest absolute Gasteiger partial charge is 0.122 e. The quantitative estimate of drug-likeness (QED) is 0.0677. The van der Waals surface area contributed by atoms with E-state index >= 15 is 0 Å². The second-order valence-corrected chi connectivity index (χ2v) is 27.3. The highest BCUT2D eigenvalue weighted by Crippen LogP contribution is 2.47. The summed E-state index contributed by atoms with van der Waals surface area (Å²) >= 11 is 0. The van der Waals surface area contributed by atoms with Crippen LogP contribution >= 0.6 is 0 Å². The highest BCUT2D eigenvalue weighted by Gasteiger charge is 2.36. The average Bonchev–Trinajstić information content (AvgIpc) is 1.78. The Morgan fingerprint density at radius 1 is 0.330 bits per heavy atom. The Kier molecular flexibility index (Phi) is 35.7. The standard InChI is InChI=1S/2C13H19NO.2C11H17NO.C11H17N.C10H15NO.C10H15N/c2*1-9(2)13(10-4-5-10)12-8-11(15-3)6-7-14-12;2*1-8(2)9(3)11-7-10(13-4)5-6-12-11;1-8(2)5-11-7-9(3)6-10(4)12-11;1-8(2)6-9-7-10(12-3)4-5-11-9;1-8(2)6-10-7-9(3)4-5-11-10/h2*6-10,13H,4-5H2,1-3H3;2*5-9H,1-4H3;6-8H,5H2,1-4H3;4-5,7-8H,6H2,1-3H3;4-5,7-8H,6H2,1-3H3/t13-;;9-;;;;/m0.1..../s1. The molecule has 0 aliphatic heterocycles. The van der Waals surface area contributed by atoms with Gasteiger partial charge in [-0.2, -0.15) is 0 Å². The first-order valence-electron chi connectivity index (χ1n) is 33.6. The molecule has 2 fully saturated rings. The van der Waals surface area contributed by atoms with Crippen molar-refractivity contribution in [2.45, 2.75) is 200 Å². The lowest BCUT2D eigenvalue weighted by molar-refractivity contribution is 0.405. The minimum Gasteiger partial charge on any atom is -0.497 e. The molecule has 500 valence electrons. The Balaban J connectivity index is 0.000000278. The van der Waals surface area contributed by atoms with Gasteiger partial charge < -0.3 is 23.7 Å². The molecule has 7 aromatic rings. The van der Waals surface area contributed by atoms with Crippen molar-refractivity contribution >= 4 is 0 Å². The number of rotatable bonds is 21. The summed E-state index contributed by atoms with van der Waals surface area (Å²) in [5, 5.41) is 0. The fourth-order valence-electron chi connectivity index (χ4n) is 10.6. The summed E-state index contributed by atoms with van der Waals surface area (Å²) in [4.78, 5) is 30.6. The van der Waals surface area contributed by atoms with E-state index in [9.17, 15) is 0 Å². The summed E-state index contributed by atoms with van der Waals surface area (Å²) in [6.07, 6.45) is 19.6. The van der Waals surface area contributed by atoms with E-state index in [4.69, 9.17) is 23.7 Å². The van der Waals surface area contributed by atoms with Crippen molar-refractivity contribution < 1.29 is 23.7 Å². The Morgan fingerprint density at radius 3 is 0.934 bits per heavy atom. The van der Waals surface area contributed by atoms with Crippen LogP contribution in [0.3, 0.4) is 0 Å². The predicted octanol–water partition coefficient (Wildman–Crippen LogP) is 20.0. The topological polar surface area (TPSA) is 136 Å². The maximum Gasteiger partial charge on any atom is 0.122 e. The number of aromatic nitrogens is 7. The number of hydrogen-bond donors (Lipinski definition) is 0. The van der Waals surface area contributed by atoms with E-state index in [2.05, 4.69) is 197 Å². The van der Waals surface area contributed by atoms with Crippen LogP contribution in [0.15, 0.2) is 122 Å². The number of methoxy groups -OCH3 is 5. The summed E-state index contributed by atoms with van der Waals surface area (Å²) in [6, 6.07) is 28.1. The minimum atomic E-state index is 0.482. The molecular formula is C79H119N7O5. The normalized spacial score (nSPS) is 13.7. The van der Waals surface area contributed by atoms with Gasteiger partial charge in [-0.05, 0) is 185 Å². The number of hydrogen-bond acceptors (Lipinski definition) is 12. The predicted molar refractivity (Wildman–Crippen MR) is 379 cm³/mol. The van der Waals surface area contributed by atoms with Crippen LogP contribution in [0.5, 0.6) is 28.7 Å². The molecule has 0 spiro atoms. The minimum absolute atomic E-state index is 0.482. The molecular weight excluding hydrogens is 1130 g/mol. The molecule has 7 heterocycles. The molecule has 2 aliphatic carbocycles. The molecule has 0 bridgehead atoms. The second kappa shape index (κ2) is 41.5. The average molecular weight is 1250 g/mol. The van der Waals surface area contributed by atoms with Gasteiger partial charge in [0, 0.05) is 137 Å². The summed E-state index contributed by atoms with van der Waals surface area (Å²) in [5.74, 6) is 13.0. The summed E-state index contributed by atoms with van der Waals surface area (Å²) in [5.41, 5.74) is 11.9. The molecule has 12 heteroatoms. The highest BCUT2D eigenvalue weighted by molar-refractivity contribution is 5.29. The zero-order valence-electron chi connectivity index (χ0n) is 60.7. The van der Waals surface area contributed by atoms with E-state index < -0.39 is 0 Å². The number of nitrogens with zero attached hydrogens (tertiary/aromatic N) is 7. The van der Waals surface area contributed by atoms with Crippen LogP contribution in [-0.2, 0) is 19.3 Å². The van der Waals surface area contributed by atoms with Gasteiger partial charge in [0.25, 0.3) is 0 Å². The van der Waals surface area contributed by atoms with E-state index in [0.717, 1.165) is 82.6 Å². The lowest BCUT2D eigenvalue weighted by atomic mass is 9.87. The maximum atomic E-state index is 5.24. The van der Waals surface area contributed by atoms with Crippen molar-refractivity contribution in [3.8, 4) is 28.7 Å². The summed E-state index contributed by atoms with van der Waals surface area (Å²) in [6.45, 7) is 41.8. The number of pyridine rings is 7. The van der Waals surface area contributed by atoms with Crippen LogP contribution in [0.4, 0.5) is 0 Å². The van der Waals surface area contributed by atoms with Crippen molar-refractivity contribution in [1.29, 1.82) is 0 Å². The lowest BCUT2D eigenvalue weighted by Gasteiger charge is -2.20. The number of aryl methyl sites for hydroxylation is 3. The molecule has 0 radical (unpaired) electrons. The van der Waals surface area contributed by atoms with E-state index in [0.29, 0.717) is 65.1 Å². The van der Waals surface area contributed by atoms with E-state index in [1.807, 2.05) is 73.2 Å². The van der Waals surface area contributed by atoms with Gasteiger partial charge in [0.05, 0.1) is 35.5 Å². The van der Waals surface area contributed by atoms with Crippen LogP contribution in [0.25, 0.3) is 0 Å². The van der Waals surface area contributed by atoms with E-state index in [-0.39, 0.29) is 0 Å². The number of ether oxygens (including phenoxy) is 5. The first-order chi connectivity index (χ1) is 43.2. The molecule has 7 aromatic heterocycles. The molecule has 2 unspecified atom stereocenters. The van der Waals surface area contributed by atoms with Crippen molar-refractivity contribution in [1.82, 2.24) is 34.9 Å². The second-order valence-electron chi connectivity index (χ2n) is 27.3. The van der Waals surface area contributed by atoms with Gasteiger partial charge in [-0.15, -0.1) is 0 Å². The third-order valence-electron chi connectivity index (χ3n) is 16.3. The highest BCUT2D eigenvalue weighted by atomic mass is 16.5. The molecule has 0 aromatic carbocycles. The first-order valence-corrected chi connectivity index (χ1v) is 33.6. The fourth-order valence-corrected chi connectivity index (χ4v) is 10.6. The molecule has 91 heavy (non-hydrogen) atoms. The van der Waals surface area contributed by atoms with Crippen molar-refractivity contribution in [3.05, 3.63) is 179 Å². The first kappa shape index (κ1) is 78.3. The van der Waals surface area contributed by atoms with Crippen LogP contribution < -0.4 is 23.7 Å². The third kappa shape index (κ3) is 30.8. The molecule has 12 nitrogen and oxygen atoms in total. The van der Waals surface area contributed by atoms with Crippen LogP contribution in [0.2, 0.25) is 0 Å². The molecule has 0 N–H and O–H groups in total. The van der Waals surface area contributed by atoms with Gasteiger partial charge in [0.15, 0.2) is 0 Å². The van der Waals surface area contributed by atoms with Gasteiger partial charge in [0.2, 0.25) is 0 Å². The van der Waals surface area contributed by atoms with Crippen molar-refractivity contribution in [2.75, 3.05) is 35.5 Å². The van der Waals surface area contributed by atoms with Crippen molar-refractivity contribution in [3.63, 3.8) is 0 Å². The Hall–Kier alpha value is -6.95. The van der Waals surface area contributed by atoms with E-state index in [1.54, 1.807) is 54.1 Å². The van der Waals surface area contributed by atoms with Crippen LogP contribution in [-0.4, -0.2) is 70.4 Å². The zero-order chi connectivity index (χ0) is 67.7. The summed E-state index contributed by atoms with van der Waals surface area (Å²) in [7, 11) is 8.45. The van der Waals surface area contributed by atoms with Crippen LogP contribution in [0, 0.1) is 74.0 Å². The molecule has 2 aliphatic rings. The zero-order valence-corrected chi connectivity index (χ0v) is 60.7.